The Morgan fingerprint density at radius 2 is 0.571 bits per heavy atom. The van der Waals surface area contributed by atoms with E-state index >= 15 is 0 Å². The monoisotopic (exact) mass is 1790 g/mol. The number of hydrogen-bond donors (Lipinski definition) is 12. The van der Waals surface area contributed by atoms with Crippen molar-refractivity contribution in [2.24, 2.45) is 11.8 Å². The predicted octanol–water partition coefficient (Wildman–Crippen LogP) is 24.1. The normalized spacial score (nSPS) is 22.4. The maximum Gasteiger partial charge on any atom is 0.126 e. The molecule has 0 heterocycles. The minimum Gasteiger partial charge on any atom is -0.508 e. The highest BCUT2D eigenvalue weighted by Crippen LogP contribution is 2.62. The van der Waals surface area contributed by atoms with Crippen molar-refractivity contribution in [1.82, 2.24) is 0 Å². The summed E-state index contributed by atoms with van der Waals surface area (Å²) < 4.78 is 46.8. The number of benzene rings is 11. The lowest BCUT2D eigenvalue weighted by molar-refractivity contribution is 0.165. The average Bonchev–Trinajstić information content (AvgIpc) is 1.64. The molecular formula is C114H122O19. The van der Waals surface area contributed by atoms with Gasteiger partial charge in [-0.2, -0.15) is 0 Å². The molecule has 8 aliphatic rings. The zero-order valence-corrected chi connectivity index (χ0v) is 78.0. The second kappa shape index (κ2) is 35.6. The first-order valence-corrected chi connectivity index (χ1v) is 47.4. The summed E-state index contributed by atoms with van der Waals surface area (Å²) in [6.07, 6.45) is 10.5. The van der Waals surface area contributed by atoms with Crippen LogP contribution in [0.15, 0.2) is 145 Å². The SMILES string of the molecule is COC1=CC(O)=CC2C3CCCC4c5cc(c(OC)cc5O)[C@@H]5CCC[C@H]6c7cc(c(O)cc7OC)[C@H]7CCC[C@@H]8c9cc(c(O)cc9C)C(CCCC(c9cc3c(OC)cc9O)c3cc(O)cc(C)c3[C@H](CCC[C@@H](c3cc5c(OC)cc3O)[C@@H]12)c1cc8c(O)cc1C)c1cc(c(O)cc1C)Cc1c(O)cc(OC)c7c1CCCc1c(c(O)cc(C)c16)Cc1cc4c(OC)cc1O. The zero-order valence-electron chi connectivity index (χ0n) is 78.0. The first-order chi connectivity index (χ1) is 64.1. The van der Waals surface area contributed by atoms with E-state index < -0.39 is 71.0 Å². The number of phenolic OH excluding ortho intramolecular Hbond substituents is 11. The highest BCUT2D eigenvalue weighted by Gasteiger charge is 2.47. The van der Waals surface area contributed by atoms with Crippen LogP contribution in [-0.2, 0) is 30.4 Å². The molecule has 19 nitrogen and oxygen atoms in total. The van der Waals surface area contributed by atoms with E-state index in [0.29, 0.717) is 227 Å². The molecule has 32 bridgehead atoms. The van der Waals surface area contributed by atoms with Crippen molar-refractivity contribution in [2.75, 3.05) is 49.8 Å². The van der Waals surface area contributed by atoms with E-state index in [9.17, 15) is 61.3 Å². The van der Waals surface area contributed by atoms with Crippen LogP contribution in [0.2, 0.25) is 0 Å². The summed E-state index contributed by atoms with van der Waals surface area (Å²) in [5.41, 5.74) is 20.1. The molecule has 692 valence electrons. The summed E-state index contributed by atoms with van der Waals surface area (Å²) in [4.78, 5) is 0. The summed E-state index contributed by atoms with van der Waals surface area (Å²) in [5.74, 6) is -5.78. The topological polar surface area (TPSA) is 307 Å². The summed E-state index contributed by atoms with van der Waals surface area (Å²) in [5, 5.41) is 160. The molecule has 0 fully saturated rings. The molecule has 12 N–H and O–H groups in total. The third-order valence-electron chi connectivity index (χ3n) is 32.0. The first kappa shape index (κ1) is 89.3. The molecule has 0 aliphatic heterocycles. The number of methoxy groups -OCH3 is 7. The van der Waals surface area contributed by atoms with Gasteiger partial charge in [-0.1, -0.05) is 50.3 Å². The minimum absolute atomic E-state index is 0.00205. The lowest BCUT2D eigenvalue weighted by atomic mass is 9.64. The van der Waals surface area contributed by atoms with Gasteiger partial charge in [0.05, 0.1) is 49.8 Å². The fourth-order valence-corrected chi connectivity index (χ4v) is 26.0. The highest BCUT2D eigenvalue weighted by molar-refractivity contribution is 5.68. The van der Waals surface area contributed by atoms with Crippen molar-refractivity contribution in [3.63, 3.8) is 0 Å². The van der Waals surface area contributed by atoms with Crippen LogP contribution in [0.25, 0.3) is 0 Å². The van der Waals surface area contributed by atoms with Gasteiger partial charge in [0.1, 0.15) is 109 Å². The number of allylic oxidation sites excluding steroid dienone is 3. The van der Waals surface area contributed by atoms with Crippen molar-refractivity contribution in [2.45, 2.75) is 222 Å². The van der Waals surface area contributed by atoms with Gasteiger partial charge in [-0.3, -0.25) is 0 Å². The number of aliphatic hydroxyl groups excluding tert-OH is 1. The largest absolute Gasteiger partial charge is 0.508 e. The Bertz CT molecular complexity index is 6570. The molecule has 5 unspecified atom stereocenters. The smallest absolute Gasteiger partial charge is 0.126 e. The Labute approximate surface area is 777 Å². The van der Waals surface area contributed by atoms with Crippen LogP contribution >= 0.6 is 0 Å². The number of fused-ring (bicyclic) bond motifs is 16. The molecule has 0 amide bonds. The molecule has 12 atom stereocenters. The highest BCUT2D eigenvalue weighted by atomic mass is 16.5. The molecule has 11 aromatic rings. The van der Waals surface area contributed by atoms with E-state index in [0.717, 1.165) is 83.5 Å². The molecule has 8 aliphatic carbocycles. The predicted molar refractivity (Wildman–Crippen MR) is 512 cm³/mol. The fourth-order valence-electron chi connectivity index (χ4n) is 26.0. The average molecular weight is 1800 g/mol. The van der Waals surface area contributed by atoms with Crippen molar-refractivity contribution in [3.05, 3.63) is 306 Å². The number of rotatable bonds is 7. The Balaban J connectivity index is 1.03. The number of phenols is 11. The summed E-state index contributed by atoms with van der Waals surface area (Å²) in [6, 6.07) is 37.8. The Morgan fingerprint density at radius 1 is 0.241 bits per heavy atom. The second-order valence-corrected chi connectivity index (χ2v) is 39.0. The maximum absolute atomic E-state index is 13.8. The molecule has 19 rings (SSSR count). The van der Waals surface area contributed by atoms with Crippen molar-refractivity contribution >= 4 is 0 Å². The van der Waals surface area contributed by atoms with Gasteiger partial charge in [-0.15, -0.1) is 0 Å². The van der Waals surface area contributed by atoms with Gasteiger partial charge >= 0.3 is 0 Å². The van der Waals surface area contributed by atoms with Crippen molar-refractivity contribution < 1.29 is 94.4 Å². The molecule has 0 saturated heterocycles. The number of ether oxygens (including phenoxy) is 7. The Morgan fingerprint density at radius 3 is 1.10 bits per heavy atom. The molecule has 0 saturated carbocycles. The van der Waals surface area contributed by atoms with Gasteiger partial charge in [0.25, 0.3) is 0 Å². The minimum atomic E-state index is -0.757. The van der Waals surface area contributed by atoms with E-state index in [1.54, 1.807) is 98.3 Å². The van der Waals surface area contributed by atoms with Crippen molar-refractivity contribution in [1.29, 1.82) is 0 Å². The number of aliphatic hydroxyl groups is 1. The number of hydrogen-bond acceptors (Lipinski definition) is 19. The molecule has 11 aromatic carbocycles. The van der Waals surface area contributed by atoms with E-state index in [2.05, 4.69) is 36.4 Å². The first-order valence-electron chi connectivity index (χ1n) is 47.4. The zero-order chi connectivity index (χ0) is 93.3. The van der Waals surface area contributed by atoms with Crippen LogP contribution in [0.4, 0.5) is 0 Å². The van der Waals surface area contributed by atoms with Crippen LogP contribution in [-0.4, -0.2) is 111 Å². The summed E-state index contributed by atoms with van der Waals surface area (Å²) in [7, 11) is 11.2. The Kier molecular flexibility index (Phi) is 23.9. The van der Waals surface area contributed by atoms with Crippen LogP contribution in [0.1, 0.15) is 323 Å². The molecule has 133 heavy (non-hydrogen) atoms. The molecule has 0 spiro atoms. The van der Waals surface area contributed by atoms with Gasteiger partial charge in [0.2, 0.25) is 0 Å². The summed E-state index contributed by atoms with van der Waals surface area (Å²) in [6.45, 7) is 10.1. The van der Waals surface area contributed by atoms with Gasteiger partial charge in [0, 0.05) is 175 Å². The third kappa shape index (κ3) is 15.5. The van der Waals surface area contributed by atoms with Gasteiger partial charge in [0.15, 0.2) is 0 Å². The lowest BCUT2D eigenvalue weighted by Gasteiger charge is -2.41. The maximum atomic E-state index is 13.8. The molecule has 0 radical (unpaired) electrons. The van der Waals surface area contributed by atoms with Crippen LogP contribution < -0.4 is 28.4 Å². The van der Waals surface area contributed by atoms with Gasteiger partial charge in [-0.25, -0.2) is 0 Å². The quantitative estimate of drug-likeness (QED) is 0.0706. The Hall–Kier alpha value is -12.9. The number of aromatic hydroxyl groups is 11. The van der Waals surface area contributed by atoms with Crippen LogP contribution in [0, 0.1) is 46.5 Å². The summed E-state index contributed by atoms with van der Waals surface area (Å²) >= 11 is 0. The second-order valence-electron chi connectivity index (χ2n) is 39.0. The van der Waals surface area contributed by atoms with E-state index in [1.165, 1.54) is 0 Å². The van der Waals surface area contributed by atoms with E-state index in [4.69, 9.17) is 33.2 Å². The standard InChI is InChI=1S/C114H122O19/c1-55-32-94(117)60-36-76(55)64-19-13-22-67-84-46-90(107(130-9)51-100(84)123)69-24-14-21-66-83-45-88(105(128-7)50-99(83)122)68-23-16-30-75-91-48-86(102(125)53-108(91)131-10)73(113-72(80(37-60)103(126)54-110(113)133-12)28-18-26-71-79(98(121)35-59(5)111(71)75)38-61-39-87(66)104(127-6)49-95(61)118)27-15-20-65(77-43-81(64)96(119)33-56(77)2)82-44-78(57(3)34-97(82)120)70(112-58(4)31-62(115)40-92(67)112)25-17-29-74(85-47-89(68)106(129-8)52-101(85)124)114-93(69)41-63(116)42-109(114)132-11/h31-36,39-54,64-70,73-75,93,114-126H,13-30,37-38H2,1-12H3/t64?,65-,66?,67?,68+,69?,70-,73-,74+,75+,93?,114-/m1/s1. The molecule has 19 heteroatoms. The van der Waals surface area contributed by atoms with Crippen LogP contribution in [0.5, 0.6) is 97.7 Å². The van der Waals surface area contributed by atoms with Gasteiger partial charge in [-0.05, 0) is 303 Å². The fraction of sp³-hybridized carbons (Fsp3) is 0.386. The van der Waals surface area contributed by atoms with Crippen molar-refractivity contribution in [3.8, 4) is 97.7 Å². The molecule has 0 aromatic heterocycles. The third-order valence-corrected chi connectivity index (χ3v) is 32.0. The number of aryl methyl sites for hydroxylation is 5. The lowest BCUT2D eigenvalue weighted by Crippen LogP contribution is -2.32. The van der Waals surface area contributed by atoms with Gasteiger partial charge < -0.3 is 94.4 Å². The van der Waals surface area contributed by atoms with E-state index in [1.807, 2.05) is 83.2 Å². The van der Waals surface area contributed by atoms with Crippen LogP contribution in [0.3, 0.4) is 0 Å². The molecular weight excluding hydrogens is 1670 g/mol. The van der Waals surface area contributed by atoms with E-state index in [-0.39, 0.29) is 88.3 Å².